The van der Waals surface area contributed by atoms with Crippen LogP contribution in [0.15, 0.2) is 48.5 Å². The summed E-state index contributed by atoms with van der Waals surface area (Å²) in [7, 11) is -3.61. The van der Waals surface area contributed by atoms with Crippen molar-refractivity contribution < 1.29 is 17.6 Å². The van der Waals surface area contributed by atoms with E-state index in [4.69, 9.17) is 0 Å². The van der Waals surface area contributed by atoms with E-state index in [1.807, 2.05) is 24.3 Å². The smallest absolute Gasteiger partial charge is 0.237 e. The third kappa shape index (κ3) is 4.19. The summed E-state index contributed by atoms with van der Waals surface area (Å²) in [5, 5.41) is 0.507. The van der Waals surface area contributed by atoms with E-state index in [1.54, 1.807) is 12.1 Å². The quantitative estimate of drug-likeness (QED) is 0.631. The van der Waals surface area contributed by atoms with E-state index >= 15 is 0 Å². The molecular formula is C22H23FN2O3S. The lowest BCUT2D eigenvalue weighted by atomic mass is 10.0. The molecule has 1 aliphatic rings. The molecule has 0 atom stereocenters. The van der Waals surface area contributed by atoms with Crippen molar-refractivity contribution in [1.82, 2.24) is 9.71 Å². The number of aromatic nitrogens is 1. The number of carbonyl (C=O) groups excluding carboxylic acids is 1. The van der Waals surface area contributed by atoms with Crippen LogP contribution in [0.4, 0.5) is 4.39 Å². The van der Waals surface area contributed by atoms with Crippen molar-refractivity contribution in [3.63, 3.8) is 0 Å². The van der Waals surface area contributed by atoms with Crippen LogP contribution in [0.3, 0.4) is 0 Å². The van der Waals surface area contributed by atoms with Crippen molar-refractivity contribution in [2.45, 2.75) is 43.8 Å². The maximum absolute atomic E-state index is 13.3. The molecule has 1 aliphatic carbocycles. The lowest BCUT2D eigenvalue weighted by Gasteiger charge is -2.12. The van der Waals surface area contributed by atoms with E-state index < -0.39 is 21.2 Å². The molecule has 5 nitrogen and oxygen atoms in total. The molecule has 0 spiro atoms. The first kappa shape index (κ1) is 19.6. The number of fused-ring (bicyclic) bond motifs is 1. The number of H-pyrrole nitrogens is 1. The maximum Gasteiger partial charge on any atom is 0.237 e. The summed E-state index contributed by atoms with van der Waals surface area (Å²) < 4.78 is 40.3. The second kappa shape index (κ2) is 7.99. The normalized spacial score (nSPS) is 15.1. The first-order chi connectivity index (χ1) is 13.9. The van der Waals surface area contributed by atoms with Crippen LogP contribution in [0, 0.1) is 5.82 Å². The van der Waals surface area contributed by atoms with Gasteiger partial charge in [-0.25, -0.2) is 12.8 Å². The highest BCUT2D eigenvalue weighted by Gasteiger charge is 2.30. The van der Waals surface area contributed by atoms with Crippen molar-refractivity contribution in [2.75, 3.05) is 0 Å². The minimum absolute atomic E-state index is 0.0575. The molecule has 1 heterocycles. The topological polar surface area (TPSA) is 79.0 Å². The number of rotatable bonds is 6. The molecule has 29 heavy (non-hydrogen) atoms. The van der Waals surface area contributed by atoms with Crippen molar-refractivity contribution in [2.24, 2.45) is 0 Å². The molecule has 2 N–H and O–H groups in total. The molecular weight excluding hydrogens is 391 g/mol. The van der Waals surface area contributed by atoms with Crippen molar-refractivity contribution in [3.8, 4) is 11.3 Å². The number of benzene rings is 2. The Hall–Kier alpha value is -2.67. The van der Waals surface area contributed by atoms with Gasteiger partial charge in [-0.3, -0.25) is 9.52 Å². The molecule has 0 saturated heterocycles. The van der Waals surface area contributed by atoms with Crippen molar-refractivity contribution >= 4 is 26.8 Å². The molecule has 3 aromatic rings. The van der Waals surface area contributed by atoms with Gasteiger partial charge in [0.2, 0.25) is 15.9 Å². The first-order valence-electron chi connectivity index (χ1n) is 9.84. The van der Waals surface area contributed by atoms with Gasteiger partial charge in [-0.15, -0.1) is 0 Å². The molecule has 0 unspecified atom stereocenters. The van der Waals surface area contributed by atoms with Gasteiger partial charge in [0.1, 0.15) is 5.82 Å². The number of amides is 1. The molecule has 4 rings (SSSR count). The zero-order chi connectivity index (χ0) is 20.4. The second-order valence-electron chi connectivity index (χ2n) is 7.51. The van der Waals surface area contributed by atoms with E-state index in [1.165, 1.54) is 12.1 Å². The summed E-state index contributed by atoms with van der Waals surface area (Å²) in [6.45, 7) is 0. The number of aryl methyl sites for hydroxylation is 1. The molecule has 2 aromatic carbocycles. The predicted molar refractivity (Wildman–Crippen MR) is 111 cm³/mol. The highest BCUT2D eigenvalue weighted by Crippen LogP contribution is 2.31. The van der Waals surface area contributed by atoms with Crippen LogP contribution >= 0.6 is 0 Å². The fourth-order valence-corrected chi connectivity index (χ4v) is 5.59. The Balaban J connectivity index is 1.56. The van der Waals surface area contributed by atoms with Crippen LogP contribution in [0.2, 0.25) is 0 Å². The van der Waals surface area contributed by atoms with Crippen LogP contribution in [-0.4, -0.2) is 24.6 Å². The fourth-order valence-electron chi connectivity index (χ4n) is 4.05. The number of nitrogens with one attached hydrogen (secondary N) is 2. The Morgan fingerprint density at radius 2 is 1.76 bits per heavy atom. The molecule has 152 valence electrons. The van der Waals surface area contributed by atoms with E-state index in [2.05, 4.69) is 9.71 Å². The van der Waals surface area contributed by atoms with Crippen molar-refractivity contribution in [1.29, 1.82) is 0 Å². The Morgan fingerprint density at radius 1 is 1.07 bits per heavy atom. The zero-order valence-corrected chi connectivity index (χ0v) is 16.8. The lowest BCUT2D eigenvalue weighted by molar-refractivity contribution is -0.119. The molecule has 0 radical (unpaired) electrons. The molecule has 1 aromatic heterocycles. The lowest BCUT2D eigenvalue weighted by Crippen LogP contribution is -2.37. The molecule has 0 aliphatic heterocycles. The third-order valence-electron chi connectivity index (χ3n) is 5.55. The highest BCUT2D eigenvalue weighted by molar-refractivity contribution is 7.90. The van der Waals surface area contributed by atoms with Gasteiger partial charge in [0.15, 0.2) is 0 Å². The molecule has 1 fully saturated rings. The standard InChI is InChI=1S/C22H23FN2O3S/c23-16-11-9-15(10-12-16)22-19(18-7-3-4-8-20(18)24-22)13-14-21(26)25-29(27,28)17-5-1-2-6-17/h3-4,7-12,17,24H,1-2,5-6,13-14H2,(H,25,26). The molecule has 1 saturated carbocycles. The number of halogens is 1. The summed E-state index contributed by atoms with van der Waals surface area (Å²) in [5.74, 6) is -0.810. The number of aromatic amines is 1. The minimum Gasteiger partial charge on any atom is -0.354 e. The number of sulfonamides is 1. The van der Waals surface area contributed by atoms with Gasteiger partial charge in [-0.05, 0) is 60.7 Å². The Bertz CT molecular complexity index is 1130. The Morgan fingerprint density at radius 3 is 2.48 bits per heavy atom. The minimum atomic E-state index is -3.61. The third-order valence-corrected chi connectivity index (χ3v) is 7.41. The molecule has 7 heteroatoms. The van der Waals surface area contributed by atoms with Gasteiger partial charge in [-0.1, -0.05) is 31.0 Å². The first-order valence-corrected chi connectivity index (χ1v) is 11.4. The zero-order valence-electron chi connectivity index (χ0n) is 15.9. The van der Waals surface area contributed by atoms with Gasteiger partial charge in [0.05, 0.1) is 5.25 Å². The number of hydrogen-bond acceptors (Lipinski definition) is 3. The van der Waals surface area contributed by atoms with Crippen LogP contribution < -0.4 is 4.72 Å². The summed E-state index contributed by atoms with van der Waals surface area (Å²) in [4.78, 5) is 15.7. The van der Waals surface area contributed by atoms with Crippen molar-refractivity contribution in [3.05, 3.63) is 59.9 Å². The average Bonchev–Trinajstić information content (AvgIpc) is 3.35. The van der Waals surface area contributed by atoms with Gasteiger partial charge >= 0.3 is 0 Å². The highest BCUT2D eigenvalue weighted by atomic mass is 32.2. The number of para-hydroxylation sites is 1. The van der Waals surface area contributed by atoms with E-state index in [0.717, 1.165) is 40.6 Å². The monoisotopic (exact) mass is 414 g/mol. The fraction of sp³-hybridized carbons (Fsp3) is 0.318. The Kier molecular flexibility index (Phi) is 5.41. The summed E-state index contributed by atoms with van der Waals surface area (Å²) in [6, 6.07) is 13.9. The van der Waals surface area contributed by atoms with E-state index in [-0.39, 0.29) is 12.2 Å². The van der Waals surface area contributed by atoms with Gasteiger partial charge < -0.3 is 4.98 Å². The number of hydrogen-bond donors (Lipinski definition) is 2. The van der Waals surface area contributed by atoms with Crippen LogP contribution in [0.5, 0.6) is 0 Å². The summed E-state index contributed by atoms with van der Waals surface area (Å²) in [5.41, 5.74) is 3.47. The largest absolute Gasteiger partial charge is 0.354 e. The Labute approximate surface area is 169 Å². The van der Waals surface area contributed by atoms with E-state index in [0.29, 0.717) is 19.3 Å². The average molecular weight is 415 g/mol. The van der Waals surface area contributed by atoms with Gasteiger partial charge in [0, 0.05) is 23.0 Å². The number of carbonyl (C=O) groups is 1. The van der Waals surface area contributed by atoms with Gasteiger partial charge in [0.25, 0.3) is 0 Å². The molecule has 1 amide bonds. The van der Waals surface area contributed by atoms with Crippen LogP contribution in [0.1, 0.15) is 37.7 Å². The second-order valence-corrected chi connectivity index (χ2v) is 9.47. The van der Waals surface area contributed by atoms with Crippen LogP contribution in [0.25, 0.3) is 22.2 Å². The summed E-state index contributed by atoms with van der Waals surface area (Å²) >= 11 is 0. The van der Waals surface area contributed by atoms with Gasteiger partial charge in [-0.2, -0.15) is 0 Å². The molecule has 0 bridgehead atoms. The predicted octanol–water partition coefficient (Wildman–Crippen LogP) is 4.30. The van der Waals surface area contributed by atoms with Crippen LogP contribution in [-0.2, 0) is 21.2 Å². The SMILES string of the molecule is O=C(CCc1c(-c2ccc(F)cc2)[nH]c2ccccc12)NS(=O)(=O)C1CCCC1. The maximum atomic E-state index is 13.3. The summed E-state index contributed by atoms with van der Waals surface area (Å²) in [6.07, 6.45) is 3.43. The van der Waals surface area contributed by atoms with E-state index in [9.17, 15) is 17.6 Å².